The first kappa shape index (κ1) is 58.7. The minimum Gasteiger partial charge on any atom is -0.294 e. The zero-order valence-corrected chi connectivity index (χ0v) is 53.7. The quantitative estimate of drug-likeness (QED) is 0.108. The molecule has 12 rings (SSSR count). The molecule has 0 bridgehead atoms. The molecule has 0 atom stereocenters. The van der Waals surface area contributed by atoms with E-state index in [1.54, 1.807) is 25.3 Å². The van der Waals surface area contributed by atoms with Crippen molar-refractivity contribution in [1.29, 1.82) is 0 Å². The van der Waals surface area contributed by atoms with Crippen LogP contribution in [0.1, 0.15) is 128 Å². The van der Waals surface area contributed by atoms with E-state index in [4.69, 9.17) is 19.9 Å². The maximum atomic E-state index is 5.16. The third-order valence-electron chi connectivity index (χ3n) is 17.1. The molecule has 4 aromatic heterocycles. The molecular formula is C76H78N12. The smallest absolute Gasteiger partial charge is 0.143 e. The van der Waals surface area contributed by atoms with Gasteiger partial charge in [0.15, 0.2) is 0 Å². The maximum Gasteiger partial charge on any atom is 0.143 e. The van der Waals surface area contributed by atoms with Crippen LogP contribution in [-0.4, -0.2) is 39.9 Å². The monoisotopic (exact) mass is 1160 g/mol. The molecule has 12 heteroatoms. The average molecular weight is 1160 g/mol. The van der Waals surface area contributed by atoms with E-state index >= 15 is 0 Å². The van der Waals surface area contributed by atoms with Crippen molar-refractivity contribution >= 4 is 101 Å². The molecule has 0 saturated heterocycles. The first-order valence-electron chi connectivity index (χ1n) is 30.3. The van der Waals surface area contributed by atoms with Crippen molar-refractivity contribution in [1.82, 2.24) is 39.9 Å². The fourth-order valence-electron chi connectivity index (χ4n) is 12.1. The van der Waals surface area contributed by atoms with Gasteiger partial charge in [0.25, 0.3) is 0 Å². The van der Waals surface area contributed by atoms with E-state index in [1.165, 1.54) is 22.3 Å². The fraction of sp³-hybridized carbons (Fsp3) is 0.263. The van der Waals surface area contributed by atoms with Gasteiger partial charge in [0.05, 0.1) is 22.7 Å². The summed E-state index contributed by atoms with van der Waals surface area (Å²) < 4.78 is 0. The lowest BCUT2D eigenvalue weighted by atomic mass is 9.86. The van der Waals surface area contributed by atoms with E-state index in [-0.39, 0.29) is 21.7 Å². The molecule has 0 aliphatic rings. The average Bonchev–Trinajstić information content (AvgIpc) is 0.705. The SMILES string of the molecule is Cc1cncnc1N(c1ccc(C(C)(C)C)cc1)c1cc(N(c2ccc(C(C)(C)C)cc2)c2ncncc2C)c2ccc3c(N(c4ccc(C(C)(C)C)cc4)c4ncncc4C)cc(N(c4ccc(C(C)(C)C)cc4)c4ncncc4C)c4ccc1c2c43. The molecule has 4 heterocycles. The van der Waals surface area contributed by atoms with Crippen molar-refractivity contribution < 1.29 is 0 Å². The van der Waals surface area contributed by atoms with Crippen molar-refractivity contribution in [2.45, 2.75) is 132 Å². The van der Waals surface area contributed by atoms with Crippen LogP contribution in [-0.2, 0) is 21.7 Å². The molecule has 0 saturated carbocycles. The molecule has 12 nitrogen and oxygen atoms in total. The van der Waals surface area contributed by atoms with Crippen molar-refractivity contribution in [3.8, 4) is 0 Å². The Morgan fingerprint density at radius 3 is 0.625 bits per heavy atom. The zero-order chi connectivity index (χ0) is 62.2. The number of benzene rings is 8. The minimum atomic E-state index is -0.0815. The van der Waals surface area contributed by atoms with Crippen LogP contribution in [0.15, 0.2) is 184 Å². The van der Waals surface area contributed by atoms with Gasteiger partial charge < -0.3 is 0 Å². The molecule has 0 aliphatic heterocycles. The molecule has 12 aromatic rings. The number of hydrogen-bond donors (Lipinski definition) is 0. The topological polar surface area (TPSA) is 116 Å². The van der Waals surface area contributed by atoms with Crippen molar-refractivity contribution in [2.75, 3.05) is 19.6 Å². The Balaban J connectivity index is 1.30. The molecule has 0 spiro atoms. The highest BCUT2D eigenvalue weighted by Crippen LogP contribution is 2.55. The van der Waals surface area contributed by atoms with Crippen LogP contribution in [0.4, 0.5) is 68.8 Å². The Labute approximate surface area is 518 Å². The van der Waals surface area contributed by atoms with Crippen LogP contribution in [0.5, 0.6) is 0 Å². The highest BCUT2D eigenvalue weighted by atomic mass is 15.2. The first-order chi connectivity index (χ1) is 41.9. The lowest BCUT2D eigenvalue weighted by Gasteiger charge is -2.34. The van der Waals surface area contributed by atoms with E-state index in [1.807, 2.05) is 24.8 Å². The second-order valence-corrected chi connectivity index (χ2v) is 27.5. The van der Waals surface area contributed by atoms with Gasteiger partial charge in [-0.25, -0.2) is 39.9 Å². The number of nitrogens with zero attached hydrogens (tertiary/aromatic N) is 12. The highest BCUT2D eigenvalue weighted by molar-refractivity contribution is 6.33. The number of aryl methyl sites for hydroxylation is 4. The predicted octanol–water partition coefficient (Wildman–Crippen LogP) is 20.0. The summed E-state index contributed by atoms with van der Waals surface area (Å²) in [6.07, 6.45) is 14.2. The molecule has 8 aromatic carbocycles. The summed E-state index contributed by atoms with van der Waals surface area (Å²) in [5.41, 5.74) is 15.7. The Morgan fingerprint density at radius 1 is 0.261 bits per heavy atom. The standard InChI is InChI=1S/C76H78N12/c1-47-39-77-43-81-69(47)85(55-25-17-51(18-26-55)73(5,6)7)63-37-64(86(70-48(2)40-78-44-82-70)56-27-19-52(20-28-56)74(8,9)10)60-35-36-62-66(88(72-50(4)42-80-46-84-72)58-31-23-54(24-32-58)76(14,15)16)38-65(61-34-33-59(63)67(60)68(61)62)87(71-49(3)41-79-45-83-71)57-29-21-53(22-30-57)75(11,12)13/h17-46H,1-16H3. The number of hydrogen-bond acceptors (Lipinski definition) is 12. The van der Waals surface area contributed by atoms with Crippen LogP contribution >= 0.6 is 0 Å². The largest absolute Gasteiger partial charge is 0.294 e. The Kier molecular flexibility index (Phi) is 14.8. The summed E-state index contributed by atoms with van der Waals surface area (Å²) in [5.74, 6) is 3.03. The summed E-state index contributed by atoms with van der Waals surface area (Å²) in [5, 5.41) is 6.14. The van der Waals surface area contributed by atoms with Crippen molar-refractivity contribution in [2.24, 2.45) is 0 Å². The number of aromatic nitrogens is 8. The fourth-order valence-corrected chi connectivity index (χ4v) is 12.1. The molecule has 0 fully saturated rings. The second kappa shape index (κ2) is 22.2. The van der Waals surface area contributed by atoms with Crippen molar-refractivity contribution in [3.63, 3.8) is 0 Å². The van der Waals surface area contributed by atoms with Gasteiger partial charge in [-0.15, -0.1) is 0 Å². The molecular weight excluding hydrogens is 1080 g/mol. The van der Waals surface area contributed by atoms with Gasteiger partial charge in [0.1, 0.15) is 48.6 Å². The summed E-state index contributed by atoms with van der Waals surface area (Å²) >= 11 is 0. The maximum absolute atomic E-state index is 5.16. The van der Waals surface area contributed by atoms with Crippen LogP contribution in [0.25, 0.3) is 32.3 Å². The summed E-state index contributed by atoms with van der Waals surface area (Å²) in [7, 11) is 0. The van der Waals surface area contributed by atoms with Gasteiger partial charge in [-0.05, 0) is 132 Å². The predicted molar refractivity (Wildman–Crippen MR) is 365 cm³/mol. The van der Waals surface area contributed by atoms with Gasteiger partial charge >= 0.3 is 0 Å². The van der Waals surface area contributed by atoms with Crippen LogP contribution in [0.2, 0.25) is 0 Å². The van der Waals surface area contributed by atoms with Crippen molar-refractivity contribution in [3.05, 3.63) is 228 Å². The van der Waals surface area contributed by atoms with E-state index < -0.39 is 0 Å². The van der Waals surface area contributed by atoms with Gasteiger partial charge in [-0.2, -0.15) is 0 Å². The van der Waals surface area contributed by atoms with Crippen LogP contribution in [0, 0.1) is 27.7 Å². The molecule has 0 amide bonds. The molecule has 88 heavy (non-hydrogen) atoms. The van der Waals surface area contributed by atoms with Crippen LogP contribution < -0.4 is 19.6 Å². The van der Waals surface area contributed by atoms with Gasteiger partial charge in [0.2, 0.25) is 0 Å². The summed E-state index contributed by atoms with van der Waals surface area (Å²) in [4.78, 5) is 48.1. The van der Waals surface area contributed by atoms with E-state index in [9.17, 15) is 0 Å². The van der Waals surface area contributed by atoms with E-state index in [2.05, 4.69) is 284 Å². The Hall–Kier alpha value is -9.68. The zero-order valence-electron chi connectivity index (χ0n) is 53.7. The summed E-state index contributed by atoms with van der Waals surface area (Å²) in [6.45, 7) is 35.4. The first-order valence-corrected chi connectivity index (χ1v) is 30.3. The van der Waals surface area contributed by atoms with Gasteiger partial charge in [-0.3, -0.25) is 19.6 Å². The van der Waals surface area contributed by atoms with Gasteiger partial charge in [-0.1, -0.05) is 156 Å². The third-order valence-corrected chi connectivity index (χ3v) is 17.1. The molecule has 442 valence electrons. The number of anilines is 12. The Morgan fingerprint density at radius 2 is 0.455 bits per heavy atom. The summed E-state index contributed by atoms with van der Waals surface area (Å²) in [6, 6.07) is 49.7. The molecule has 0 radical (unpaired) electrons. The van der Waals surface area contributed by atoms with Gasteiger partial charge in [0, 0.05) is 102 Å². The Bertz CT molecular complexity index is 3960. The minimum absolute atomic E-state index is 0.0815. The van der Waals surface area contributed by atoms with E-state index in [0.717, 1.165) is 123 Å². The van der Waals surface area contributed by atoms with Crippen LogP contribution in [0.3, 0.4) is 0 Å². The molecule has 0 aliphatic carbocycles. The second-order valence-electron chi connectivity index (χ2n) is 27.5. The highest BCUT2D eigenvalue weighted by Gasteiger charge is 2.32. The number of rotatable bonds is 12. The normalized spacial score (nSPS) is 12.3. The lowest BCUT2D eigenvalue weighted by molar-refractivity contribution is 0.590. The lowest BCUT2D eigenvalue weighted by Crippen LogP contribution is -2.19. The third kappa shape index (κ3) is 10.8. The molecule has 0 unspecified atom stereocenters. The van der Waals surface area contributed by atoms with E-state index in [0.29, 0.717) is 0 Å². The molecule has 0 N–H and O–H groups in total.